The second kappa shape index (κ2) is 7.85. The molecule has 1 aliphatic carbocycles. The molecule has 1 rings (SSSR count). The van der Waals surface area contributed by atoms with Crippen molar-refractivity contribution in [2.75, 3.05) is 0 Å². The topological polar surface area (TPSA) is 0 Å². The van der Waals surface area contributed by atoms with Crippen LogP contribution in [0.3, 0.4) is 0 Å². The van der Waals surface area contributed by atoms with E-state index in [2.05, 4.69) is 48.5 Å². The minimum Gasteiger partial charge on any atom is -0.0654 e. The summed E-state index contributed by atoms with van der Waals surface area (Å²) in [6, 6.07) is 0. The molecule has 0 heterocycles. The van der Waals surface area contributed by atoms with Crippen molar-refractivity contribution >= 4 is 0 Å². The van der Waals surface area contributed by atoms with Crippen LogP contribution in [0.15, 0.2) is 0 Å². The van der Waals surface area contributed by atoms with Crippen molar-refractivity contribution in [2.45, 2.75) is 93.4 Å². The molecule has 0 aromatic carbocycles. The van der Waals surface area contributed by atoms with Gasteiger partial charge >= 0.3 is 0 Å². The maximum atomic E-state index is 2.47. The fourth-order valence-corrected chi connectivity index (χ4v) is 4.57. The summed E-state index contributed by atoms with van der Waals surface area (Å²) in [5, 5.41) is 0. The fourth-order valence-electron chi connectivity index (χ4n) is 4.57. The molecule has 120 valence electrons. The van der Waals surface area contributed by atoms with Crippen LogP contribution in [0.25, 0.3) is 0 Å². The molecule has 0 saturated heterocycles. The van der Waals surface area contributed by atoms with Gasteiger partial charge in [0.1, 0.15) is 0 Å². The predicted molar refractivity (Wildman–Crippen MR) is 91.9 cm³/mol. The van der Waals surface area contributed by atoms with Crippen molar-refractivity contribution < 1.29 is 0 Å². The maximum absolute atomic E-state index is 2.47. The molecule has 4 atom stereocenters. The third-order valence-electron chi connectivity index (χ3n) is 5.65. The Kier molecular flexibility index (Phi) is 7.09. The van der Waals surface area contributed by atoms with Crippen molar-refractivity contribution in [3.8, 4) is 0 Å². The van der Waals surface area contributed by atoms with Crippen LogP contribution < -0.4 is 0 Å². The molecule has 1 fully saturated rings. The van der Waals surface area contributed by atoms with Gasteiger partial charge < -0.3 is 0 Å². The summed E-state index contributed by atoms with van der Waals surface area (Å²) >= 11 is 0. The summed E-state index contributed by atoms with van der Waals surface area (Å²) in [7, 11) is 0. The quantitative estimate of drug-likeness (QED) is 0.494. The van der Waals surface area contributed by atoms with Gasteiger partial charge in [-0.2, -0.15) is 0 Å². The van der Waals surface area contributed by atoms with E-state index in [-0.39, 0.29) is 0 Å². The molecule has 0 aromatic heterocycles. The van der Waals surface area contributed by atoms with Crippen LogP contribution in [-0.2, 0) is 0 Å². The molecule has 0 radical (unpaired) electrons. The normalized spacial score (nSPS) is 29.7. The smallest absolute Gasteiger partial charge is 0.0352 e. The van der Waals surface area contributed by atoms with Crippen LogP contribution in [-0.4, -0.2) is 0 Å². The Morgan fingerprint density at radius 2 is 1.70 bits per heavy atom. The van der Waals surface area contributed by atoms with Gasteiger partial charge in [-0.05, 0) is 54.3 Å². The molecular weight excluding hydrogens is 240 g/mol. The predicted octanol–water partition coefficient (Wildman–Crippen LogP) is 6.94. The van der Waals surface area contributed by atoms with Crippen LogP contribution in [0.1, 0.15) is 93.4 Å². The lowest BCUT2D eigenvalue weighted by Gasteiger charge is -2.44. The van der Waals surface area contributed by atoms with Gasteiger partial charge in [-0.15, -0.1) is 0 Å². The van der Waals surface area contributed by atoms with E-state index in [0.29, 0.717) is 5.41 Å². The molecule has 0 aliphatic heterocycles. The van der Waals surface area contributed by atoms with E-state index in [1.807, 2.05) is 0 Å². The third-order valence-corrected chi connectivity index (χ3v) is 5.65. The maximum Gasteiger partial charge on any atom is -0.0352 e. The first-order chi connectivity index (χ1) is 9.28. The van der Waals surface area contributed by atoms with E-state index < -0.39 is 0 Å². The fraction of sp³-hybridized carbons (Fsp3) is 1.00. The second-order valence-electron chi connectivity index (χ2n) is 8.97. The Morgan fingerprint density at radius 1 is 1.05 bits per heavy atom. The minimum absolute atomic E-state index is 0.477. The Labute approximate surface area is 129 Å². The van der Waals surface area contributed by atoms with E-state index in [1.165, 1.54) is 44.9 Å². The van der Waals surface area contributed by atoms with Crippen molar-refractivity contribution in [3.63, 3.8) is 0 Å². The van der Waals surface area contributed by atoms with Gasteiger partial charge in [0.15, 0.2) is 0 Å². The largest absolute Gasteiger partial charge is 0.0654 e. The van der Waals surface area contributed by atoms with Crippen LogP contribution in [0.2, 0.25) is 0 Å². The highest BCUT2D eigenvalue weighted by atomic mass is 14.4. The van der Waals surface area contributed by atoms with Gasteiger partial charge in [0, 0.05) is 0 Å². The lowest BCUT2D eigenvalue weighted by molar-refractivity contribution is 0.0599. The Hall–Kier alpha value is 0. The minimum atomic E-state index is 0.477. The molecule has 0 heteroatoms. The van der Waals surface area contributed by atoms with Crippen molar-refractivity contribution in [3.05, 3.63) is 0 Å². The van der Waals surface area contributed by atoms with E-state index in [4.69, 9.17) is 0 Å². The molecule has 0 amide bonds. The summed E-state index contributed by atoms with van der Waals surface area (Å²) in [6.45, 7) is 17.0. The molecule has 1 saturated carbocycles. The monoisotopic (exact) mass is 280 g/mol. The lowest BCUT2D eigenvalue weighted by atomic mass is 9.61. The Balaban J connectivity index is 2.85. The first kappa shape index (κ1) is 18.1. The summed E-state index contributed by atoms with van der Waals surface area (Å²) in [6.07, 6.45) is 10.2. The van der Waals surface area contributed by atoms with Gasteiger partial charge in [-0.1, -0.05) is 74.1 Å². The molecule has 4 unspecified atom stereocenters. The van der Waals surface area contributed by atoms with Crippen LogP contribution in [0.5, 0.6) is 0 Å². The van der Waals surface area contributed by atoms with Gasteiger partial charge in [-0.3, -0.25) is 0 Å². The van der Waals surface area contributed by atoms with Gasteiger partial charge in [0.2, 0.25) is 0 Å². The molecule has 0 nitrogen and oxygen atoms in total. The van der Waals surface area contributed by atoms with E-state index in [0.717, 1.165) is 29.6 Å². The van der Waals surface area contributed by atoms with Crippen molar-refractivity contribution in [1.82, 2.24) is 0 Å². The zero-order valence-corrected chi connectivity index (χ0v) is 15.3. The number of hydrogen-bond acceptors (Lipinski definition) is 0. The molecule has 0 N–H and O–H groups in total. The highest BCUT2D eigenvalue weighted by molar-refractivity contribution is 4.87. The van der Waals surface area contributed by atoms with Crippen LogP contribution >= 0.6 is 0 Å². The van der Waals surface area contributed by atoms with Gasteiger partial charge in [0.05, 0.1) is 0 Å². The van der Waals surface area contributed by atoms with Crippen LogP contribution in [0.4, 0.5) is 0 Å². The van der Waals surface area contributed by atoms with Crippen molar-refractivity contribution in [2.24, 2.45) is 35.0 Å². The molecule has 0 aromatic rings. The summed E-state index contributed by atoms with van der Waals surface area (Å²) < 4.78 is 0. The SMILES string of the molecule is CCCC1CCC(CC)CC1C(CC(C)(C)C)C(C)C. The second-order valence-corrected chi connectivity index (χ2v) is 8.97. The molecule has 0 spiro atoms. The van der Waals surface area contributed by atoms with Crippen molar-refractivity contribution in [1.29, 1.82) is 0 Å². The average molecular weight is 281 g/mol. The molecular formula is C20H40. The number of rotatable bonds is 6. The lowest BCUT2D eigenvalue weighted by Crippen LogP contribution is -2.35. The Morgan fingerprint density at radius 3 is 2.15 bits per heavy atom. The van der Waals surface area contributed by atoms with Crippen LogP contribution in [0, 0.1) is 35.0 Å². The van der Waals surface area contributed by atoms with Gasteiger partial charge in [0.25, 0.3) is 0 Å². The molecule has 20 heavy (non-hydrogen) atoms. The average Bonchev–Trinajstić information content (AvgIpc) is 2.35. The first-order valence-corrected chi connectivity index (χ1v) is 9.28. The highest BCUT2D eigenvalue weighted by Gasteiger charge is 2.37. The van der Waals surface area contributed by atoms with Gasteiger partial charge in [-0.25, -0.2) is 0 Å². The van der Waals surface area contributed by atoms with E-state index in [1.54, 1.807) is 0 Å². The zero-order chi connectivity index (χ0) is 15.3. The summed E-state index contributed by atoms with van der Waals surface area (Å²) in [5.41, 5.74) is 0.477. The first-order valence-electron chi connectivity index (χ1n) is 9.28. The van der Waals surface area contributed by atoms with E-state index >= 15 is 0 Å². The number of hydrogen-bond donors (Lipinski definition) is 0. The standard InChI is InChI=1S/C20H40/c1-8-10-17-12-11-16(9-2)13-18(17)19(15(3)4)14-20(5,6)7/h15-19H,8-14H2,1-7H3. The highest BCUT2D eigenvalue weighted by Crippen LogP contribution is 2.47. The Bertz CT molecular complexity index is 258. The zero-order valence-electron chi connectivity index (χ0n) is 15.3. The summed E-state index contributed by atoms with van der Waals surface area (Å²) in [5.74, 6) is 4.79. The van der Waals surface area contributed by atoms with E-state index in [9.17, 15) is 0 Å². The third kappa shape index (κ3) is 5.41. The summed E-state index contributed by atoms with van der Waals surface area (Å²) in [4.78, 5) is 0. The molecule has 1 aliphatic rings. The molecule has 0 bridgehead atoms.